The minimum atomic E-state index is -0.214. The molecule has 1 unspecified atom stereocenters. The minimum absolute atomic E-state index is 0.167. The second-order valence-corrected chi connectivity index (χ2v) is 5.12. The molecule has 0 fully saturated rings. The van der Waals surface area contributed by atoms with Crippen LogP contribution in [0.3, 0.4) is 0 Å². The molecule has 0 aliphatic rings. The molecule has 19 heavy (non-hydrogen) atoms. The highest BCUT2D eigenvalue weighted by molar-refractivity contribution is 9.10. The number of rotatable bonds is 9. The summed E-state index contributed by atoms with van der Waals surface area (Å²) in [7, 11) is 1.65. The van der Waals surface area contributed by atoms with Crippen LogP contribution in [0.1, 0.15) is 12.5 Å². The molecule has 0 aliphatic carbocycles. The molecular weight excluding hydrogens is 313 g/mol. The molecule has 1 N–H and O–H groups in total. The van der Waals surface area contributed by atoms with Crippen molar-refractivity contribution in [3.63, 3.8) is 0 Å². The van der Waals surface area contributed by atoms with Crippen LogP contribution in [0.25, 0.3) is 0 Å². The van der Waals surface area contributed by atoms with E-state index in [0.29, 0.717) is 19.8 Å². The van der Waals surface area contributed by atoms with E-state index in [-0.39, 0.29) is 11.9 Å². The molecule has 0 aromatic heterocycles. The first-order valence-electron chi connectivity index (χ1n) is 6.41. The van der Waals surface area contributed by atoms with Gasteiger partial charge in [-0.25, -0.2) is 4.39 Å². The predicted octanol–water partition coefficient (Wildman–Crippen LogP) is 2.77. The molecule has 5 heteroatoms. The van der Waals surface area contributed by atoms with Crippen LogP contribution in [-0.4, -0.2) is 39.5 Å². The summed E-state index contributed by atoms with van der Waals surface area (Å²) < 4.78 is 24.6. The first-order valence-corrected chi connectivity index (χ1v) is 7.20. The molecule has 1 rings (SSSR count). The Morgan fingerprint density at radius 2 is 2.16 bits per heavy atom. The van der Waals surface area contributed by atoms with Crippen molar-refractivity contribution in [3.05, 3.63) is 34.1 Å². The Labute approximate surface area is 122 Å². The molecule has 3 nitrogen and oxygen atoms in total. The van der Waals surface area contributed by atoms with Crippen molar-refractivity contribution in [3.8, 4) is 0 Å². The summed E-state index contributed by atoms with van der Waals surface area (Å²) in [6.07, 6.45) is 0.721. The highest BCUT2D eigenvalue weighted by Crippen LogP contribution is 2.19. The summed E-state index contributed by atoms with van der Waals surface area (Å²) >= 11 is 3.45. The van der Waals surface area contributed by atoms with Crippen LogP contribution in [0.15, 0.2) is 22.7 Å². The van der Waals surface area contributed by atoms with Crippen LogP contribution in [0.5, 0.6) is 0 Å². The molecule has 0 spiro atoms. The summed E-state index contributed by atoms with van der Waals surface area (Å²) in [5, 5.41) is 3.35. The third-order valence-corrected chi connectivity index (χ3v) is 3.49. The fourth-order valence-electron chi connectivity index (χ4n) is 1.81. The van der Waals surface area contributed by atoms with E-state index in [4.69, 9.17) is 9.47 Å². The maximum atomic E-state index is 13.2. The van der Waals surface area contributed by atoms with Crippen molar-refractivity contribution in [1.29, 1.82) is 0 Å². The number of halogens is 2. The zero-order chi connectivity index (χ0) is 14.1. The quantitative estimate of drug-likeness (QED) is 0.705. The van der Waals surface area contributed by atoms with Gasteiger partial charge >= 0.3 is 0 Å². The van der Waals surface area contributed by atoms with E-state index in [1.165, 1.54) is 6.07 Å². The van der Waals surface area contributed by atoms with Crippen molar-refractivity contribution < 1.29 is 13.9 Å². The average Bonchev–Trinajstić information content (AvgIpc) is 2.39. The van der Waals surface area contributed by atoms with Crippen LogP contribution in [0.4, 0.5) is 4.39 Å². The topological polar surface area (TPSA) is 30.5 Å². The molecule has 0 radical (unpaired) electrons. The van der Waals surface area contributed by atoms with E-state index in [9.17, 15) is 4.39 Å². The summed E-state index contributed by atoms with van der Waals surface area (Å²) in [6.45, 7) is 4.64. The third kappa shape index (κ3) is 6.47. The fourth-order valence-corrected chi connectivity index (χ4v) is 2.22. The minimum Gasteiger partial charge on any atom is -0.382 e. The predicted molar refractivity (Wildman–Crippen MR) is 78.0 cm³/mol. The number of benzene rings is 1. The van der Waals surface area contributed by atoms with E-state index in [0.717, 1.165) is 23.0 Å². The Hall–Kier alpha value is -0.490. The van der Waals surface area contributed by atoms with Crippen LogP contribution in [0.2, 0.25) is 0 Å². The maximum Gasteiger partial charge on any atom is 0.123 e. The van der Waals surface area contributed by atoms with E-state index < -0.39 is 0 Å². The SMILES string of the molecule is CCNC(COCCOC)Cc1cc(F)ccc1Br. The smallest absolute Gasteiger partial charge is 0.123 e. The summed E-state index contributed by atoms with van der Waals surface area (Å²) in [5.74, 6) is -0.214. The van der Waals surface area contributed by atoms with E-state index in [1.807, 2.05) is 6.92 Å². The number of likely N-dealkylation sites (N-methyl/N-ethyl adjacent to an activating group) is 1. The van der Waals surface area contributed by atoms with Gasteiger partial charge < -0.3 is 14.8 Å². The van der Waals surface area contributed by atoms with Gasteiger partial charge in [-0.15, -0.1) is 0 Å². The lowest BCUT2D eigenvalue weighted by Crippen LogP contribution is -2.35. The van der Waals surface area contributed by atoms with Crippen molar-refractivity contribution in [1.82, 2.24) is 5.32 Å². The lowest BCUT2D eigenvalue weighted by atomic mass is 10.1. The van der Waals surface area contributed by atoms with Crippen molar-refractivity contribution >= 4 is 15.9 Å². The molecule has 1 atom stereocenters. The maximum absolute atomic E-state index is 13.2. The van der Waals surface area contributed by atoms with E-state index in [1.54, 1.807) is 19.2 Å². The van der Waals surface area contributed by atoms with Gasteiger partial charge in [-0.3, -0.25) is 0 Å². The van der Waals surface area contributed by atoms with Gasteiger partial charge in [-0.2, -0.15) is 0 Å². The van der Waals surface area contributed by atoms with Gasteiger partial charge in [-0.05, 0) is 36.7 Å². The Morgan fingerprint density at radius 1 is 1.37 bits per heavy atom. The Bertz CT molecular complexity index is 376. The molecule has 0 amide bonds. The van der Waals surface area contributed by atoms with Gasteiger partial charge in [0, 0.05) is 17.6 Å². The second-order valence-electron chi connectivity index (χ2n) is 4.26. The summed E-state index contributed by atoms with van der Waals surface area (Å²) in [6, 6.07) is 4.91. The lowest BCUT2D eigenvalue weighted by Gasteiger charge is -2.19. The van der Waals surface area contributed by atoms with Gasteiger partial charge in [-0.1, -0.05) is 22.9 Å². The Kier molecular flexibility index (Phi) is 8.21. The molecule has 1 aromatic rings. The lowest BCUT2D eigenvalue weighted by molar-refractivity contribution is 0.0589. The molecule has 0 saturated carbocycles. The first-order chi connectivity index (χ1) is 9.17. The first kappa shape index (κ1) is 16.6. The monoisotopic (exact) mass is 333 g/mol. The van der Waals surface area contributed by atoms with Gasteiger partial charge in [0.25, 0.3) is 0 Å². The number of methoxy groups -OCH3 is 1. The zero-order valence-electron chi connectivity index (χ0n) is 11.4. The zero-order valence-corrected chi connectivity index (χ0v) is 13.0. The van der Waals surface area contributed by atoms with Gasteiger partial charge in [0.1, 0.15) is 5.82 Å². The van der Waals surface area contributed by atoms with Crippen LogP contribution >= 0.6 is 15.9 Å². The summed E-state index contributed by atoms with van der Waals surface area (Å²) in [5.41, 5.74) is 0.946. The molecule has 0 heterocycles. The van der Waals surface area contributed by atoms with E-state index in [2.05, 4.69) is 21.2 Å². The van der Waals surface area contributed by atoms with Crippen LogP contribution in [-0.2, 0) is 15.9 Å². The van der Waals surface area contributed by atoms with Gasteiger partial charge in [0.05, 0.1) is 19.8 Å². The summed E-state index contributed by atoms with van der Waals surface area (Å²) in [4.78, 5) is 0. The number of ether oxygens (including phenoxy) is 2. The molecule has 1 aromatic carbocycles. The van der Waals surface area contributed by atoms with Crippen LogP contribution in [0, 0.1) is 5.82 Å². The van der Waals surface area contributed by atoms with Crippen LogP contribution < -0.4 is 5.32 Å². The average molecular weight is 334 g/mol. The molecule has 108 valence electrons. The van der Waals surface area contributed by atoms with Gasteiger partial charge in [0.15, 0.2) is 0 Å². The Balaban J connectivity index is 2.54. The van der Waals surface area contributed by atoms with E-state index >= 15 is 0 Å². The molecule has 0 bridgehead atoms. The standard InChI is InChI=1S/C14H21BrFNO2/c1-3-17-13(10-19-7-6-18-2)9-11-8-12(16)4-5-14(11)15/h4-5,8,13,17H,3,6-7,9-10H2,1-2H3. The molecule has 0 saturated heterocycles. The van der Waals surface area contributed by atoms with Crippen molar-refractivity contribution in [2.24, 2.45) is 0 Å². The highest BCUT2D eigenvalue weighted by atomic mass is 79.9. The highest BCUT2D eigenvalue weighted by Gasteiger charge is 2.11. The largest absolute Gasteiger partial charge is 0.382 e. The van der Waals surface area contributed by atoms with Gasteiger partial charge in [0.2, 0.25) is 0 Å². The molecule has 0 aliphatic heterocycles. The van der Waals surface area contributed by atoms with Crippen molar-refractivity contribution in [2.45, 2.75) is 19.4 Å². The number of nitrogens with one attached hydrogen (secondary N) is 1. The molecular formula is C14H21BrFNO2. The normalized spacial score (nSPS) is 12.6. The third-order valence-electron chi connectivity index (χ3n) is 2.72. The fraction of sp³-hybridized carbons (Fsp3) is 0.571. The van der Waals surface area contributed by atoms with Crippen molar-refractivity contribution in [2.75, 3.05) is 33.5 Å². The number of hydrogen-bond acceptors (Lipinski definition) is 3. The second kappa shape index (κ2) is 9.42. The Morgan fingerprint density at radius 3 is 2.84 bits per heavy atom. The number of hydrogen-bond donors (Lipinski definition) is 1.